The molecule has 0 aliphatic heterocycles. The first-order valence-corrected chi connectivity index (χ1v) is 12.3. The number of amides is 2. The Balaban J connectivity index is 1.87. The summed E-state index contributed by atoms with van der Waals surface area (Å²) >= 11 is 7.43. The van der Waals surface area contributed by atoms with Crippen LogP contribution in [0.4, 0.5) is 0 Å². The highest BCUT2D eigenvalue weighted by Gasteiger charge is 2.30. The summed E-state index contributed by atoms with van der Waals surface area (Å²) in [4.78, 5) is 29.5. The molecule has 2 amide bonds. The average molecular weight is 481 g/mol. The van der Waals surface area contributed by atoms with Crippen LogP contribution in [0.3, 0.4) is 0 Å². The molecule has 0 fully saturated rings. The van der Waals surface area contributed by atoms with Crippen molar-refractivity contribution in [2.75, 3.05) is 5.75 Å². The van der Waals surface area contributed by atoms with Crippen LogP contribution in [0.2, 0.25) is 5.02 Å². The molecule has 3 rings (SSSR count). The summed E-state index contributed by atoms with van der Waals surface area (Å²) in [6, 6.07) is 26.4. The van der Waals surface area contributed by atoms with Crippen molar-refractivity contribution in [1.29, 1.82) is 0 Å². The third-order valence-electron chi connectivity index (χ3n) is 5.07. The number of hydrogen-bond acceptors (Lipinski definition) is 3. The van der Waals surface area contributed by atoms with E-state index in [4.69, 9.17) is 11.6 Å². The summed E-state index contributed by atoms with van der Waals surface area (Å²) in [5, 5.41) is 3.67. The highest BCUT2D eigenvalue weighted by molar-refractivity contribution is 8.00. The molecule has 0 spiro atoms. The second-order valence-corrected chi connectivity index (χ2v) is 9.60. The molecule has 0 aliphatic carbocycles. The Morgan fingerprint density at radius 3 is 2.03 bits per heavy atom. The van der Waals surface area contributed by atoms with Crippen molar-refractivity contribution in [2.45, 2.75) is 43.8 Å². The monoisotopic (exact) mass is 480 g/mol. The third kappa shape index (κ3) is 7.95. The van der Waals surface area contributed by atoms with E-state index in [2.05, 4.69) is 5.32 Å². The summed E-state index contributed by atoms with van der Waals surface area (Å²) in [7, 11) is 0. The Kier molecular flexibility index (Phi) is 9.40. The fourth-order valence-electron chi connectivity index (χ4n) is 3.47. The molecule has 6 heteroatoms. The van der Waals surface area contributed by atoms with Crippen molar-refractivity contribution >= 4 is 35.2 Å². The molecule has 0 radical (unpaired) electrons. The van der Waals surface area contributed by atoms with Gasteiger partial charge in [-0.05, 0) is 49.2 Å². The van der Waals surface area contributed by atoms with Gasteiger partial charge in [-0.1, -0.05) is 72.3 Å². The molecule has 0 heterocycles. The van der Waals surface area contributed by atoms with Gasteiger partial charge in [0, 0.05) is 28.9 Å². The van der Waals surface area contributed by atoms with E-state index in [1.54, 1.807) is 4.90 Å². The highest BCUT2D eigenvalue weighted by Crippen LogP contribution is 2.22. The summed E-state index contributed by atoms with van der Waals surface area (Å²) in [5.41, 5.74) is 2.00. The zero-order valence-corrected chi connectivity index (χ0v) is 20.5. The molecular formula is C27H29ClN2O2S. The number of nitrogens with one attached hydrogen (secondary N) is 1. The zero-order valence-electron chi connectivity index (χ0n) is 18.9. The van der Waals surface area contributed by atoms with Crippen LogP contribution in [0.25, 0.3) is 0 Å². The number of halogens is 1. The summed E-state index contributed by atoms with van der Waals surface area (Å²) in [6.45, 7) is 4.22. The van der Waals surface area contributed by atoms with Gasteiger partial charge in [0.25, 0.3) is 0 Å². The molecule has 1 unspecified atom stereocenters. The van der Waals surface area contributed by atoms with Crippen LogP contribution in [0.15, 0.2) is 89.8 Å². The Hall–Kier alpha value is -2.76. The van der Waals surface area contributed by atoms with Crippen LogP contribution in [0.5, 0.6) is 0 Å². The predicted octanol–water partition coefficient (Wildman–Crippen LogP) is 5.60. The largest absolute Gasteiger partial charge is 0.352 e. The molecular weight excluding hydrogens is 452 g/mol. The minimum Gasteiger partial charge on any atom is -0.352 e. The predicted molar refractivity (Wildman–Crippen MR) is 136 cm³/mol. The topological polar surface area (TPSA) is 49.4 Å². The van der Waals surface area contributed by atoms with Crippen LogP contribution in [-0.4, -0.2) is 34.6 Å². The highest BCUT2D eigenvalue weighted by atomic mass is 35.5. The minimum absolute atomic E-state index is 0.0205. The van der Waals surface area contributed by atoms with Crippen LogP contribution in [0.1, 0.15) is 25.0 Å². The lowest BCUT2D eigenvalue weighted by Gasteiger charge is -2.32. The maximum atomic E-state index is 13.5. The Bertz CT molecular complexity index is 1030. The Morgan fingerprint density at radius 2 is 1.45 bits per heavy atom. The van der Waals surface area contributed by atoms with E-state index in [9.17, 15) is 9.59 Å². The lowest BCUT2D eigenvalue weighted by atomic mass is 10.0. The van der Waals surface area contributed by atoms with Gasteiger partial charge in [-0.25, -0.2) is 0 Å². The van der Waals surface area contributed by atoms with Gasteiger partial charge in [0.1, 0.15) is 6.04 Å². The molecule has 3 aromatic carbocycles. The summed E-state index contributed by atoms with van der Waals surface area (Å²) < 4.78 is 0. The average Bonchev–Trinajstić information content (AvgIpc) is 2.81. The molecule has 1 N–H and O–H groups in total. The molecule has 1 atom stereocenters. The van der Waals surface area contributed by atoms with E-state index < -0.39 is 6.04 Å². The molecule has 4 nitrogen and oxygen atoms in total. The van der Waals surface area contributed by atoms with Crippen molar-refractivity contribution in [3.05, 3.63) is 101 Å². The molecule has 33 heavy (non-hydrogen) atoms. The van der Waals surface area contributed by atoms with Crippen molar-refractivity contribution in [2.24, 2.45) is 0 Å². The standard InChI is InChI=1S/C27H29ClN2O2S/c1-20(2)29-27(32)25(17-21-9-5-3-6-10-21)30(18-22-11-7-4-8-12-22)26(31)19-33-24-15-13-23(28)14-16-24/h3-16,20,25H,17-19H2,1-2H3,(H,29,32). The van der Waals surface area contributed by atoms with Gasteiger partial charge in [-0.3, -0.25) is 9.59 Å². The third-order valence-corrected chi connectivity index (χ3v) is 6.32. The quantitative estimate of drug-likeness (QED) is 0.384. The maximum absolute atomic E-state index is 13.5. The number of nitrogens with zero attached hydrogens (tertiary/aromatic N) is 1. The molecule has 0 saturated carbocycles. The Labute approximate surface area is 205 Å². The molecule has 172 valence electrons. The van der Waals surface area contributed by atoms with E-state index in [0.717, 1.165) is 16.0 Å². The van der Waals surface area contributed by atoms with Gasteiger partial charge in [0.2, 0.25) is 11.8 Å². The molecule has 3 aromatic rings. The fraction of sp³-hybridized carbons (Fsp3) is 0.259. The molecule has 0 aliphatic rings. The van der Waals surface area contributed by atoms with Crippen LogP contribution >= 0.6 is 23.4 Å². The number of carbonyl (C=O) groups is 2. The maximum Gasteiger partial charge on any atom is 0.243 e. The van der Waals surface area contributed by atoms with Crippen molar-refractivity contribution in [3.63, 3.8) is 0 Å². The molecule has 0 saturated heterocycles. The van der Waals surface area contributed by atoms with Crippen LogP contribution < -0.4 is 5.32 Å². The SMILES string of the molecule is CC(C)NC(=O)C(Cc1ccccc1)N(Cc1ccccc1)C(=O)CSc1ccc(Cl)cc1. The van der Waals surface area contributed by atoms with E-state index >= 15 is 0 Å². The summed E-state index contributed by atoms with van der Waals surface area (Å²) in [6.07, 6.45) is 0.448. The van der Waals surface area contributed by atoms with E-state index in [1.807, 2.05) is 98.8 Å². The first-order chi connectivity index (χ1) is 15.9. The second-order valence-electron chi connectivity index (χ2n) is 8.12. The first kappa shape index (κ1) is 24.9. The lowest BCUT2D eigenvalue weighted by Crippen LogP contribution is -2.52. The second kappa shape index (κ2) is 12.5. The van der Waals surface area contributed by atoms with Gasteiger partial charge in [0.05, 0.1) is 5.75 Å². The summed E-state index contributed by atoms with van der Waals surface area (Å²) in [5.74, 6) is 0.00241. The lowest BCUT2D eigenvalue weighted by molar-refractivity contribution is -0.139. The van der Waals surface area contributed by atoms with Gasteiger partial charge in [-0.15, -0.1) is 11.8 Å². The van der Waals surface area contributed by atoms with Crippen LogP contribution in [-0.2, 0) is 22.6 Å². The van der Waals surface area contributed by atoms with E-state index in [-0.39, 0.29) is 23.6 Å². The number of rotatable bonds is 10. The number of hydrogen-bond donors (Lipinski definition) is 1. The minimum atomic E-state index is -0.617. The smallest absolute Gasteiger partial charge is 0.243 e. The molecule has 0 bridgehead atoms. The van der Waals surface area contributed by atoms with Crippen molar-refractivity contribution in [1.82, 2.24) is 10.2 Å². The van der Waals surface area contributed by atoms with Gasteiger partial charge >= 0.3 is 0 Å². The number of carbonyl (C=O) groups excluding carboxylic acids is 2. The van der Waals surface area contributed by atoms with Crippen molar-refractivity contribution in [3.8, 4) is 0 Å². The van der Waals surface area contributed by atoms with Gasteiger partial charge < -0.3 is 10.2 Å². The van der Waals surface area contributed by atoms with Gasteiger partial charge in [-0.2, -0.15) is 0 Å². The molecule has 0 aromatic heterocycles. The van der Waals surface area contributed by atoms with E-state index in [0.29, 0.717) is 18.0 Å². The first-order valence-electron chi connectivity index (χ1n) is 11.0. The van der Waals surface area contributed by atoms with Crippen molar-refractivity contribution < 1.29 is 9.59 Å². The zero-order chi connectivity index (χ0) is 23.6. The Morgan fingerprint density at radius 1 is 0.879 bits per heavy atom. The number of thioether (sulfide) groups is 1. The fourth-order valence-corrected chi connectivity index (χ4v) is 4.38. The normalized spacial score (nSPS) is 11.8. The number of benzene rings is 3. The van der Waals surface area contributed by atoms with Crippen LogP contribution in [0, 0.1) is 0 Å². The van der Waals surface area contributed by atoms with Gasteiger partial charge in [0.15, 0.2) is 0 Å². The van der Waals surface area contributed by atoms with E-state index in [1.165, 1.54) is 11.8 Å².